The number of nitrogens with zero attached hydrogens (tertiary/aromatic N) is 1. The Balaban J connectivity index is 1.45. The molecule has 0 spiro atoms. The Hall–Kier alpha value is -4.27. The summed E-state index contributed by atoms with van der Waals surface area (Å²) in [5, 5.41) is 4.84. The highest BCUT2D eigenvalue weighted by Crippen LogP contribution is 2.31. The number of amides is 2. The molecule has 0 radical (unpaired) electrons. The fraction of sp³-hybridized carbons (Fsp3) is 0.345. The number of rotatable bonds is 5. The maximum atomic E-state index is 13.8. The molecule has 3 heterocycles. The zero-order valence-corrected chi connectivity index (χ0v) is 22.0. The molecule has 9 heteroatoms. The fourth-order valence-corrected chi connectivity index (χ4v) is 5.08. The molecule has 4 aromatic rings. The summed E-state index contributed by atoms with van der Waals surface area (Å²) in [6.45, 7) is 5.54. The molecule has 1 aliphatic heterocycles. The summed E-state index contributed by atoms with van der Waals surface area (Å²) in [5.74, 6) is -1.00. The number of aromatic amines is 2. The number of carbonyl (C=O) groups excluding carboxylic acids is 3. The first-order valence-electron chi connectivity index (χ1n) is 12.7. The summed E-state index contributed by atoms with van der Waals surface area (Å²) in [7, 11) is 1.29. The van der Waals surface area contributed by atoms with Gasteiger partial charge in [0, 0.05) is 46.5 Å². The lowest BCUT2D eigenvalue weighted by Gasteiger charge is -2.36. The van der Waals surface area contributed by atoms with Crippen molar-refractivity contribution in [3.63, 3.8) is 0 Å². The van der Waals surface area contributed by atoms with Crippen molar-refractivity contribution in [1.82, 2.24) is 20.2 Å². The van der Waals surface area contributed by atoms with Gasteiger partial charge in [0.05, 0.1) is 13.7 Å². The predicted octanol–water partition coefficient (Wildman–Crippen LogP) is 4.21. The van der Waals surface area contributed by atoms with Crippen LogP contribution in [0.4, 0.5) is 4.79 Å². The predicted molar refractivity (Wildman–Crippen MR) is 144 cm³/mol. The van der Waals surface area contributed by atoms with E-state index in [1.807, 2.05) is 54.7 Å². The lowest BCUT2D eigenvalue weighted by molar-refractivity contribution is -0.145. The molecule has 1 aliphatic rings. The van der Waals surface area contributed by atoms with E-state index in [9.17, 15) is 14.4 Å². The van der Waals surface area contributed by atoms with Crippen molar-refractivity contribution in [2.24, 2.45) is 0 Å². The van der Waals surface area contributed by atoms with Crippen LogP contribution < -0.4 is 5.32 Å². The number of aromatic nitrogens is 2. The van der Waals surface area contributed by atoms with Gasteiger partial charge in [0.15, 0.2) is 0 Å². The van der Waals surface area contributed by atoms with Crippen LogP contribution in [-0.2, 0) is 38.4 Å². The molecular formula is C29H32N4O5. The maximum Gasteiger partial charge on any atom is 0.411 e. The van der Waals surface area contributed by atoms with Crippen molar-refractivity contribution in [2.75, 3.05) is 7.11 Å². The van der Waals surface area contributed by atoms with Gasteiger partial charge >= 0.3 is 12.1 Å². The molecule has 2 aromatic carbocycles. The highest BCUT2D eigenvalue weighted by atomic mass is 16.6. The standard InChI is InChI=1S/C29H32N4O5/c1-29(2,3)38-28(36)33-16-24-20(19-10-6-8-12-22(19)31-24)14-25(33)26(34)32-23(27(35)37-4)13-17-15-30-21-11-7-5-9-18(17)21/h5-12,15,23,25,30-31H,13-14,16H2,1-4H3,(H,32,34)/t23-,25-/m0/s1. The largest absolute Gasteiger partial charge is 0.467 e. The first-order chi connectivity index (χ1) is 18.1. The Morgan fingerprint density at radius 2 is 1.74 bits per heavy atom. The minimum atomic E-state index is -0.934. The summed E-state index contributed by atoms with van der Waals surface area (Å²) in [5.41, 5.74) is 3.86. The van der Waals surface area contributed by atoms with E-state index in [4.69, 9.17) is 9.47 Å². The minimum absolute atomic E-state index is 0.183. The van der Waals surface area contributed by atoms with E-state index >= 15 is 0 Å². The van der Waals surface area contributed by atoms with Gasteiger partial charge in [0.1, 0.15) is 17.7 Å². The highest BCUT2D eigenvalue weighted by Gasteiger charge is 2.40. The minimum Gasteiger partial charge on any atom is -0.467 e. The smallest absolute Gasteiger partial charge is 0.411 e. The molecule has 3 N–H and O–H groups in total. The fourth-order valence-electron chi connectivity index (χ4n) is 5.08. The number of fused-ring (bicyclic) bond motifs is 4. The van der Waals surface area contributed by atoms with E-state index in [0.717, 1.165) is 38.6 Å². The number of benzene rings is 2. The Kier molecular flexibility index (Phi) is 6.60. The summed E-state index contributed by atoms with van der Waals surface area (Å²) in [4.78, 5) is 47.8. The average Bonchev–Trinajstić information content (AvgIpc) is 3.46. The van der Waals surface area contributed by atoms with Gasteiger partial charge in [-0.3, -0.25) is 9.69 Å². The van der Waals surface area contributed by atoms with Crippen LogP contribution in [0.1, 0.15) is 37.6 Å². The van der Waals surface area contributed by atoms with Crippen molar-refractivity contribution < 1.29 is 23.9 Å². The van der Waals surface area contributed by atoms with Gasteiger partial charge in [0.2, 0.25) is 5.91 Å². The van der Waals surface area contributed by atoms with Gasteiger partial charge in [-0.2, -0.15) is 0 Å². The van der Waals surface area contributed by atoms with Gasteiger partial charge in [-0.1, -0.05) is 36.4 Å². The van der Waals surface area contributed by atoms with Gasteiger partial charge in [-0.05, 0) is 44.0 Å². The molecule has 2 amide bonds. The van der Waals surface area contributed by atoms with E-state index in [0.29, 0.717) is 0 Å². The zero-order valence-electron chi connectivity index (χ0n) is 22.0. The highest BCUT2D eigenvalue weighted by molar-refractivity contribution is 5.93. The van der Waals surface area contributed by atoms with Crippen LogP contribution in [0.25, 0.3) is 21.8 Å². The van der Waals surface area contributed by atoms with Crippen LogP contribution >= 0.6 is 0 Å². The lowest BCUT2D eigenvalue weighted by Crippen LogP contribution is -2.56. The SMILES string of the molecule is COC(=O)[C@H](Cc1c[nH]c2ccccc12)NC(=O)[C@@H]1Cc2c([nH]c3ccccc23)CN1C(=O)OC(C)(C)C. The zero-order chi connectivity index (χ0) is 27.0. The number of para-hydroxylation sites is 2. The van der Waals surface area contributed by atoms with E-state index in [1.54, 1.807) is 20.8 Å². The van der Waals surface area contributed by atoms with Crippen molar-refractivity contribution in [2.45, 2.75) is 57.8 Å². The second-order valence-electron chi connectivity index (χ2n) is 10.6. The molecule has 0 saturated heterocycles. The van der Waals surface area contributed by atoms with Crippen molar-refractivity contribution >= 4 is 39.8 Å². The Labute approximate surface area is 220 Å². The van der Waals surface area contributed by atoms with E-state index in [2.05, 4.69) is 15.3 Å². The second-order valence-corrected chi connectivity index (χ2v) is 10.6. The van der Waals surface area contributed by atoms with E-state index < -0.39 is 35.7 Å². The number of methoxy groups -OCH3 is 1. The van der Waals surface area contributed by atoms with Crippen LogP contribution in [0, 0.1) is 0 Å². The number of nitrogens with one attached hydrogen (secondary N) is 3. The normalized spacial score (nSPS) is 16.2. The second kappa shape index (κ2) is 9.89. The van der Waals surface area contributed by atoms with Gasteiger partial charge in [0.25, 0.3) is 0 Å². The number of esters is 1. The molecule has 0 saturated carbocycles. The maximum absolute atomic E-state index is 13.8. The Morgan fingerprint density at radius 3 is 2.45 bits per heavy atom. The third-order valence-corrected chi connectivity index (χ3v) is 6.84. The Morgan fingerprint density at radius 1 is 1.05 bits per heavy atom. The van der Waals surface area contributed by atoms with Gasteiger partial charge < -0.3 is 24.8 Å². The molecule has 0 fully saturated rings. The van der Waals surface area contributed by atoms with Gasteiger partial charge in [-0.25, -0.2) is 9.59 Å². The van der Waals surface area contributed by atoms with Crippen LogP contribution in [0.5, 0.6) is 0 Å². The molecule has 0 bridgehead atoms. The number of carbonyl (C=O) groups is 3. The molecule has 5 rings (SSSR count). The van der Waals surface area contributed by atoms with Crippen molar-refractivity contribution in [3.05, 3.63) is 71.5 Å². The third-order valence-electron chi connectivity index (χ3n) is 6.84. The Bertz CT molecular complexity index is 1510. The molecule has 0 unspecified atom stereocenters. The monoisotopic (exact) mass is 516 g/mol. The van der Waals surface area contributed by atoms with Crippen molar-refractivity contribution in [3.8, 4) is 0 Å². The molecule has 2 atom stereocenters. The van der Waals surface area contributed by atoms with Gasteiger partial charge in [-0.15, -0.1) is 0 Å². The number of hydrogen-bond donors (Lipinski definition) is 3. The van der Waals surface area contributed by atoms with Crippen molar-refractivity contribution in [1.29, 1.82) is 0 Å². The summed E-state index contributed by atoms with van der Waals surface area (Å²) >= 11 is 0. The molecule has 38 heavy (non-hydrogen) atoms. The lowest BCUT2D eigenvalue weighted by atomic mass is 9.95. The number of H-pyrrole nitrogens is 2. The first kappa shape index (κ1) is 25.4. The molecular weight excluding hydrogens is 484 g/mol. The summed E-state index contributed by atoms with van der Waals surface area (Å²) < 4.78 is 10.7. The number of ether oxygens (including phenoxy) is 2. The molecule has 198 valence electrons. The van der Waals surface area contributed by atoms with E-state index in [1.165, 1.54) is 12.0 Å². The van der Waals surface area contributed by atoms with Crippen LogP contribution in [0.2, 0.25) is 0 Å². The van der Waals surface area contributed by atoms with E-state index in [-0.39, 0.29) is 19.4 Å². The molecule has 2 aromatic heterocycles. The summed E-state index contributed by atoms with van der Waals surface area (Å²) in [6, 6.07) is 13.8. The quantitative estimate of drug-likeness (QED) is 0.344. The first-order valence-corrected chi connectivity index (χ1v) is 12.7. The van der Waals surface area contributed by atoms with Crippen LogP contribution in [-0.4, -0.2) is 57.6 Å². The summed E-state index contributed by atoms with van der Waals surface area (Å²) in [6.07, 6.45) is 1.76. The molecule has 9 nitrogen and oxygen atoms in total. The molecule has 0 aliphatic carbocycles. The number of hydrogen-bond acceptors (Lipinski definition) is 5. The van der Waals surface area contributed by atoms with Crippen LogP contribution in [0.3, 0.4) is 0 Å². The topological polar surface area (TPSA) is 117 Å². The van der Waals surface area contributed by atoms with Crippen LogP contribution in [0.15, 0.2) is 54.7 Å². The third kappa shape index (κ3) is 4.96. The average molecular weight is 517 g/mol.